The third-order valence-electron chi connectivity index (χ3n) is 2.79. The van der Waals surface area contributed by atoms with E-state index in [1.807, 2.05) is 0 Å². The molecule has 1 rings (SSSR count). The van der Waals surface area contributed by atoms with E-state index < -0.39 is 0 Å². The Hall–Kier alpha value is -1.11. The minimum atomic E-state index is 0.182. The fraction of sp³-hybridized carbons (Fsp3) is 0.500. The van der Waals surface area contributed by atoms with Gasteiger partial charge in [0, 0.05) is 6.42 Å². The van der Waals surface area contributed by atoms with Gasteiger partial charge in [0.1, 0.15) is 6.29 Å². The van der Waals surface area contributed by atoms with Crippen molar-refractivity contribution in [3.05, 3.63) is 34.9 Å². The summed E-state index contributed by atoms with van der Waals surface area (Å²) >= 11 is 0. The molecule has 0 amide bonds. The highest BCUT2D eigenvalue weighted by atomic mass is 16.1. The predicted octanol–water partition coefficient (Wildman–Crippen LogP) is 3.42. The van der Waals surface area contributed by atoms with Crippen molar-refractivity contribution < 1.29 is 4.79 Å². The van der Waals surface area contributed by atoms with Crippen LogP contribution in [0.3, 0.4) is 0 Å². The van der Waals surface area contributed by atoms with Crippen LogP contribution in [0.25, 0.3) is 0 Å². The molecule has 0 spiro atoms. The Kier molecular flexibility index (Phi) is 3.67. The number of aryl methyl sites for hydroxylation is 1. The molecule has 1 aromatic carbocycles. The van der Waals surface area contributed by atoms with Crippen LogP contribution in [0.4, 0.5) is 0 Å². The fourth-order valence-electron chi connectivity index (χ4n) is 1.98. The van der Waals surface area contributed by atoms with Crippen molar-refractivity contribution in [2.24, 2.45) is 0 Å². The zero-order valence-electron chi connectivity index (χ0n) is 10.1. The highest BCUT2D eigenvalue weighted by molar-refractivity contribution is 5.51. The molecule has 1 heteroatoms. The highest BCUT2D eigenvalue weighted by Gasteiger charge is 2.17. The molecule has 0 saturated carbocycles. The number of aldehydes is 1. The highest BCUT2D eigenvalue weighted by Crippen LogP contribution is 2.27. The van der Waals surface area contributed by atoms with E-state index in [1.54, 1.807) is 0 Å². The summed E-state index contributed by atoms with van der Waals surface area (Å²) in [5.74, 6) is 0. The number of rotatable bonds is 3. The first kappa shape index (κ1) is 12.0. The monoisotopic (exact) mass is 204 g/mol. The van der Waals surface area contributed by atoms with E-state index in [-0.39, 0.29) is 5.41 Å². The Morgan fingerprint density at radius 2 is 1.93 bits per heavy atom. The van der Waals surface area contributed by atoms with Crippen molar-refractivity contribution in [1.29, 1.82) is 0 Å². The molecular formula is C14H20O. The summed E-state index contributed by atoms with van der Waals surface area (Å²) in [6.07, 6.45) is 2.47. The lowest BCUT2D eigenvalue weighted by Gasteiger charge is -2.23. The number of hydrogen-bond acceptors (Lipinski definition) is 1. The van der Waals surface area contributed by atoms with E-state index in [0.29, 0.717) is 6.42 Å². The van der Waals surface area contributed by atoms with E-state index in [9.17, 15) is 4.79 Å². The summed E-state index contributed by atoms with van der Waals surface area (Å²) < 4.78 is 0. The van der Waals surface area contributed by atoms with Gasteiger partial charge in [-0.2, -0.15) is 0 Å². The molecule has 82 valence electrons. The third kappa shape index (κ3) is 2.92. The lowest BCUT2D eigenvalue weighted by atomic mass is 9.82. The second-order valence-electron chi connectivity index (χ2n) is 5.05. The van der Waals surface area contributed by atoms with Crippen molar-refractivity contribution in [2.75, 3.05) is 0 Å². The van der Waals surface area contributed by atoms with Gasteiger partial charge in [-0.3, -0.25) is 0 Å². The van der Waals surface area contributed by atoms with Crippen LogP contribution < -0.4 is 0 Å². The van der Waals surface area contributed by atoms with Crippen molar-refractivity contribution >= 4 is 6.29 Å². The van der Waals surface area contributed by atoms with Gasteiger partial charge in [0.25, 0.3) is 0 Å². The Labute approximate surface area is 92.5 Å². The van der Waals surface area contributed by atoms with E-state index in [4.69, 9.17) is 0 Å². The molecule has 1 aromatic rings. The van der Waals surface area contributed by atoms with Crippen LogP contribution in [-0.4, -0.2) is 6.29 Å². The van der Waals surface area contributed by atoms with E-state index in [0.717, 1.165) is 12.7 Å². The standard InChI is InChI=1S/C14H20O/c1-11-12(8-6-10-15)7-5-9-13(11)14(2,3)4/h5,7,9-10H,6,8H2,1-4H3. The van der Waals surface area contributed by atoms with Crippen molar-refractivity contribution in [2.45, 2.75) is 46.0 Å². The summed E-state index contributed by atoms with van der Waals surface area (Å²) in [5, 5.41) is 0. The number of benzene rings is 1. The Morgan fingerprint density at radius 3 is 2.47 bits per heavy atom. The first-order valence-electron chi connectivity index (χ1n) is 5.49. The maximum absolute atomic E-state index is 10.4. The summed E-state index contributed by atoms with van der Waals surface area (Å²) in [6, 6.07) is 6.39. The third-order valence-corrected chi connectivity index (χ3v) is 2.79. The predicted molar refractivity (Wildman–Crippen MR) is 64.3 cm³/mol. The van der Waals surface area contributed by atoms with Crippen LogP contribution in [0, 0.1) is 6.92 Å². The Balaban J connectivity index is 3.06. The zero-order valence-corrected chi connectivity index (χ0v) is 10.1. The van der Waals surface area contributed by atoms with Crippen LogP contribution in [-0.2, 0) is 16.6 Å². The molecule has 0 fully saturated rings. The van der Waals surface area contributed by atoms with Crippen LogP contribution >= 0.6 is 0 Å². The molecule has 0 aromatic heterocycles. The van der Waals surface area contributed by atoms with Crippen molar-refractivity contribution in [3.63, 3.8) is 0 Å². The minimum Gasteiger partial charge on any atom is -0.303 e. The van der Waals surface area contributed by atoms with Gasteiger partial charge in [0.15, 0.2) is 0 Å². The fourth-order valence-corrected chi connectivity index (χ4v) is 1.98. The lowest BCUT2D eigenvalue weighted by Crippen LogP contribution is -2.14. The topological polar surface area (TPSA) is 17.1 Å². The van der Waals surface area contributed by atoms with Gasteiger partial charge in [-0.1, -0.05) is 39.0 Å². The van der Waals surface area contributed by atoms with Gasteiger partial charge in [-0.15, -0.1) is 0 Å². The molecule has 0 aliphatic carbocycles. The Morgan fingerprint density at radius 1 is 1.27 bits per heavy atom. The normalized spacial score (nSPS) is 11.5. The van der Waals surface area contributed by atoms with Crippen LogP contribution in [0.15, 0.2) is 18.2 Å². The van der Waals surface area contributed by atoms with E-state index >= 15 is 0 Å². The molecule has 0 radical (unpaired) electrons. The lowest BCUT2D eigenvalue weighted by molar-refractivity contribution is -0.107. The second-order valence-corrected chi connectivity index (χ2v) is 5.05. The summed E-state index contributed by atoms with van der Waals surface area (Å²) in [4.78, 5) is 10.4. The molecule has 0 atom stereocenters. The first-order valence-corrected chi connectivity index (χ1v) is 5.49. The maximum Gasteiger partial charge on any atom is 0.120 e. The summed E-state index contributed by atoms with van der Waals surface area (Å²) in [6.45, 7) is 8.82. The van der Waals surface area contributed by atoms with Gasteiger partial charge < -0.3 is 4.79 Å². The van der Waals surface area contributed by atoms with E-state index in [1.165, 1.54) is 16.7 Å². The molecule has 0 heterocycles. The molecular weight excluding hydrogens is 184 g/mol. The molecule has 0 saturated heterocycles. The molecule has 0 aliphatic rings. The molecule has 0 aliphatic heterocycles. The van der Waals surface area contributed by atoms with Crippen molar-refractivity contribution in [3.8, 4) is 0 Å². The number of carbonyl (C=O) groups is 1. The average molecular weight is 204 g/mol. The molecule has 0 unspecified atom stereocenters. The Bertz CT molecular complexity index is 345. The molecule has 0 N–H and O–H groups in total. The quantitative estimate of drug-likeness (QED) is 0.689. The maximum atomic E-state index is 10.4. The molecule has 1 nitrogen and oxygen atoms in total. The molecule has 15 heavy (non-hydrogen) atoms. The second kappa shape index (κ2) is 4.61. The van der Waals surface area contributed by atoms with Crippen LogP contribution in [0.5, 0.6) is 0 Å². The van der Waals surface area contributed by atoms with E-state index in [2.05, 4.69) is 45.9 Å². The van der Waals surface area contributed by atoms with Gasteiger partial charge in [0.2, 0.25) is 0 Å². The largest absolute Gasteiger partial charge is 0.303 e. The zero-order chi connectivity index (χ0) is 11.5. The smallest absolute Gasteiger partial charge is 0.120 e. The molecule has 0 bridgehead atoms. The van der Waals surface area contributed by atoms with Gasteiger partial charge in [-0.05, 0) is 35.4 Å². The van der Waals surface area contributed by atoms with Crippen LogP contribution in [0.2, 0.25) is 0 Å². The number of carbonyl (C=O) groups excluding carboxylic acids is 1. The first-order chi connectivity index (χ1) is 6.96. The van der Waals surface area contributed by atoms with Crippen molar-refractivity contribution in [1.82, 2.24) is 0 Å². The number of hydrogen-bond donors (Lipinski definition) is 0. The van der Waals surface area contributed by atoms with Gasteiger partial charge in [-0.25, -0.2) is 0 Å². The summed E-state index contributed by atoms with van der Waals surface area (Å²) in [5.41, 5.74) is 4.20. The van der Waals surface area contributed by atoms with Gasteiger partial charge >= 0.3 is 0 Å². The van der Waals surface area contributed by atoms with Crippen LogP contribution in [0.1, 0.15) is 43.9 Å². The average Bonchev–Trinajstić information content (AvgIpc) is 2.14. The van der Waals surface area contributed by atoms with Gasteiger partial charge in [0.05, 0.1) is 0 Å². The SMILES string of the molecule is Cc1c(CCC=O)cccc1C(C)(C)C. The minimum absolute atomic E-state index is 0.182. The summed E-state index contributed by atoms with van der Waals surface area (Å²) in [7, 11) is 0.